The second-order valence-corrected chi connectivity index (χ2v) is 9.19. The zero-order valence-corrected chi connectivity index (χ0v) is 26.3. The third-order valence-electron chi connectivity index (χ3n) is 6.02. The molecular weight excluding hydrogens is 539 g/mol. The quantitative estimate of drug-likeness (QED) is 0.251. The largest absolute Gasteiger partial charge is 0.428 e. The molecule has 2 unspecified atom stereocenters. The van der Waals surface area contributed by atoms with Gasteiger partial charge in [-0.1, -0.05) is 108 Å². The molecule has 2 aromatic rings. The van der Waals surface area contributed by atoms with Crippen molar-refractivity contribution in [1.82, 2.24) is 0 Å². The minimum absolute atomic E-state index is 0.0512. The highest BCUT2D eigenvalue weighted by molar-refractivity contribution is 6.31. The van der Waals surface area contributed by atoms with Crippen LogP contribution in [0.15, 0.2) is 82.6 Å². The molecule has 41 heavy (non-hydrogen) atoms. The van der Waals surface area contributed by atoms with Gasteiger partial charge in [0.15, 0.2) is 5.78 Å². The molecule has 2 N–H and O–H groups in total. The fourth-order valence-corrected chi connectivity index (χ4v) is 4.32. The average molecular weight is 585 g/mol. The first-order chi connectivity index (χ1) is 19.9. The smallest absolute Gasteiger partial charge is 0.295 e. The van der Waals surface area contributed by atoms with Crippen LogP contribution in [-0.4, -0.2) is 29.6 Å². The Bertz CT molecular complexity index is 1200. The van der Waals surface area contributed by atoms with Gasteiger partial charge >= 0.3 is 0 Å². The molecule has 0 bridgehead atoms. The maximum atomic E-state index is 14.9. The fourth-order valence-electron chi connectivity index (χ4n) is 4.12. The lowest BCUT2D eigenvalue weighted by Gasteiger charge is -2.13. The first kappa shape index (κ1) is 35.8. The monoisotopic (exact) mass is 584 g/mol. The van der Waals surface area contributed by atoms with Crippen molar-refractivity contribution in [1.29, 1.82) is 0 Å². The van der Waals surface area contributed by atoms with Gasteiger partial charge in [-0.2, -0.15) is 0 Å². The first-order valence-corrected chi connectivity index (χ1v) is 15.1. The number of ether oxygens (including phenoxy) is 1. The second kappa shape index (κ2) is 19.8. The van der Waals surface area contributed by atoms with Crippen molar-refractivity contribution in [2.24, 2.45) is 10.9 Å². The molecule has 5 nitrogen and oxygen atoms in total. The number of fused-ring (bicyclic) bond motifs is 1. The Morgan fingerprint density at radius 3 is 2.32 bits per heavy atom. The van der Waals surface area contributed by atoms with Gasteiger partial charge in [0.25, 0.3) is 6.02 Å². The standard InChI is InChI=1S/C28H28ClFN2O2.C2H6O.2C2H6/c1-3-7-18(4-2)27(33)20-12-10-19(11-13-20)21-14-15-24(23(30)16-21)31-28-32-25-9-6-5-8-22(29)17-26(25)34-28;1-2-3;2*1-2/h6,8-18,25H,3-5,7H2,1-2H3,(H,31,32);3H,2H2,1H3;2*1-2H3/b9-6?,22-8+,26-17+;;;. The number of carbonyl (C=O) groups is 1. The Labute approximate surface area is 250 Å². The highest BCUT2D eigenvalue weighted by atomic mass is 35.5. The molecule has 0 amide bonds. The lowest BCUT2D eigenvalue weighted by Crippen LogP contribution is -2.13. The van der Waals surface area contributed by atoms with E-state index >= 15 is 0 Å². The molecule has 0 saturated carbocycles. The Morgan fingerprint density at radius 2 is 1.73 bits per heavy atom. The summed E-state index contributed by atoms with van der Waals surface area (Å²) in [6, 6.07) is 12.3. The van der Waals surface area contributed by atoms with E-state index in [4.69, 9.17) is 21.4 Å². The van der Waals surface area contributed by atoms with Crippen LogP contribution >= 0.6 is 11.6 Å². The van der Waals surface area contributed by atoms with Crippen LogP contribution in [0, 0.1) is 11.7 Å². The molecule has 1 aliphatic heterocycles. The van der Waals surface area contributed by atoms with Gasteiger partial charge < -0.3 is 15.2 Å². The summed E-state index contributed by atoms with van der Waals surface area (Å²) in [5, 5.41) is 11.1. The summed E-state index contributed by atoms with van der Waals surface area (Å²) in [6.07, 6.45) is 10.9. The van der Waals surface area contributed by atoms with E-state index in [1.54, 1.807) is 19.1 Å². The molecule has 2 aromatic carbocycles. The van der Waals surface area contributed by atoms with Gasteiger partial charge in [0.05, 0.1) is 5.69 Å². The van der Waals surface area contributed by atoms with Crippen molar-refractivity contribution in [3.63, 3.8) is 0 Å². The number of Topliss-reactive ketones (excluding diaryl/α,β-unsaturated/α-hetero) is 1. The van der Waals surface area contributed by atoms with E-state index in [0.29, 0.717) is 16.4 Å². The normalized spacial score (nSPS) is 18.2. The van der Waals surface area contributed by atoms with Crippen molar-refractivity contribution in [3.05, 3.63) is 88.9 Å². The van der Waals surface area contributed by atoms with Crippen molar-refractivity contribution in [2.45, 2.75) is 80.2 Å². The highest BCUT2D eigenvalue weighted by Gasteiger charge is 2.25. The van der Waals surface area contributed by atoms with E-state index in [2.05, 4.69) is 17.2 Å². The third-order valence-corrected chi connectivity index (χ3v) is 6.29. The summed E-state index contributed by atoms with van der Waals surface area (Å²) in [5.41, 5.74) is 2.53. The molecular formula is C34H46ClFN2O3. The van der Waals surface area contributed by atoms with Gasteiger partial charge in [0, 0.05) is 23.1 Å². The second-order valence-electron chi connectivity index (χ2n) is 8.75. The maximum absolute atomic E-state index is 14.9. The van der Waals surface area contributed by atoms with Gasteiger partial charge in [-0.15, -0.1) is 0 Å². The minimum Gasteiger partial charge on any atom is -0.428 e. The maximum Gasteiger partial charge on any atom is 0.295 e. The number of hydrogen-bond acceptors (Lipinski definition) is 5. The summed E-state index contributed by atoms with van der Waals surface area (Å²) in [4.78, 5) is 17.2. The first-order valence-electron chi connectivity index (χ1n) is 14.7. The number of carbonyl (C=O) groups excluding carboxylic acids is 1. The van der Waals surface area contributed by atoms with E-state index in [0.717, 1.165) is 36.8 Å². The number of allylic oxidation sites excluding steroid dienone is 4. The lowest BCUT2D eigenvalue weighted by atomic mass is 9.90. The zero-order valence-electron chi connectivity index (χ0n) is 25.5. The topological polar surface area (TPSA) is 70.9 Å². The van der Waals surface area contributed by atoms with Gasteiger partial charge in [0.1, 0.15) is 17.6 Å². The van der Waals surface area contributed by atoms with E-state index in [9.17, 15) is 9.18 Å². The van der Waals surface area contributed by atoms with Crippen LogP contribution in [0.3, 0.4) is 0 Å². The van der Waals surface area contributed by atoms with Gasteiger partial charge in [-0.05, 0) is 55.5 Å². The van der Waals surface area contributed by atoms with Gasteiger partial charge in [-0.3, -0.25) is 4.79 Å². The molecule has 224 valence electrons. The number of amidine groups is 1. The molecule has 1 aliphatic carbocycles. The Kier molecular flexibility index (Phi) is 17.3. The Morgan fingerprint density at radius 1 is 1.10 bits per heavy atom. The van der Waals surface area contributed by atoms with Crippen LogP contribution in [-0.2, 0) is 4.74 Å². The van der Waals surface area contributed by atoms with E-state index in [1.165, 1.54) is 6.07 Å². The Hall–Kier alpha value is -3.22. The molecule has 0 aromatic heterocycles. The van der Waals surface area contributed by atoms with Crippen LogP contribution in [0.4, 0.5) is 10.1 Å². The zero-order chi connectivity index (χ0) is 30.8. The minimum atomic E-state index is -0.426. The van der Waals surface area contributed by atoms with Crippen LogP contribution in [0.25, 0.3) is 11.1 Å². The van der Waals surface area contributed by atoms with Crippen molar-refractivity contribution in [3.8, 4) is 11.1 Å². The number of rotatable bonds is 7. The fraction of sp³-hybridized carbons (Fsp3) is 0.412. The number of anilines is 1. The number of halogens is 2. The summed E-state index contributed by atoms with van der Waals surface area (Å²) < 4.78 is 20.7. The van der Waals surface area contributed by atoms with E-state index in [1.807, 2.05) is 83.2 Å². The SMILES string of the molecule is CC.CC.CCCC(CC)C(=O)c1ccc(-c2ccc(NC3=NC4C=CC/C=C(Cl)\C=C/4O3)c(F)c2)cc1.CCO. The van der Waals surface area contributed by atoms with Gasteiger partial charge in [0.2, 0.25) is 0 Å². The molecule has 1 heterocycles. The van der Waals surface area contributed by atoms with Crippen LogP contribution in [0.1, 0.15) is 84.5 Å². The lowest BCUT2D eigenvalue weighted by molar-refractivity contribution is 0.0909. The number of benzene rings is 2. The summed E-state index contributed by atoms with van der Waals surface area (Å²) >= 11 is 6.15. The van der Waals surface area contributed by atoms with E-state index in [-0.39, 0.29) is 36.1 Å². The predicted octanol–water partition coefficient (Wildman–Crippen LogP) is 9.69. The highest BCUT2D eigenvalue weighted by Crippen LogP contribution is 2.28. The molecule has 0 spiro atoms. The molecule has 0 radical (unpaired) electrons. The van der Waals surface area contributed by atoms with Crippen molar-refractivity contribution in [2.75, 3.05) is 11.9 Å². The van der Waals surface area contributed by atoms with Crippen LogP contribution in [0.5, 0.6) is 0 Å². The third kappa shape index (κ3) is 10.9. The number of aliphatic hydroxyl groups is 1. The number of aliphatic hydroxyl groups excluding tert-OH is 1. The molecule has 2 aliphatic rings. The number of ketones is 1. The number of hydrogen-bond donors (Lipinski definition) is 2. The van der Waals surface area contributed by atoms with Crippen molar-refractivity contribution < 1.29 is 19.0 Å². The number of aliphatic imine (C=N–C) groups is 1. The number of nitrogens with one attached hydrogen (secondary N) is 1. The van der Waals surface area contributed by atoms with Crippen LogP contribution < -0.4 is 5.32 Å². The average Bonchev–Trinajstić information content (AvgIpc) is 3.35. The summed E-state index contributed by atoms with van der Waals surface area (Å²) in [6.45, 7) is 14.1. The molecule has 0 fully saturated rings. The van der Waals surface area contributed by atoms with Gasteiger partial charge in [-0.25, -0.2) is 9.38 Å². The molecule has 4 rings (SSSR count). The number of nitrogens with zero attached hydrogens (tertiary/aromatic N) is 1. The van der Waals surface area contributed by atoms with E-state index < -0.39 is 5.82 Å². The van der Waals surface area contributed by atoms with Crippen molar-refractivity contribution >= 4 is 29.1 Å². The summed E-state index contributed by atoms with van der Waals surface area (Å²) in [7, 11) is 0. The molecule has 7 heteroatoms. The Balaban J connectivity index is 0.00000110. The molecule has 0 saturated heterocycles. The predicted molar refractivity (Wildman–Crippen MR) is 172 cm³/mol. The van der Waals surface area contributed by atoms with Crippen LogP contribution in [0.2, 0.25) is 0 Å². The summed E-state index contributed by atoms with van der Waals surface area (Å²) in [5.74, 6) is 0.392. The molecule has 2 atom stereocenters.